The van der Waals surface area contributed by atoms with Gasteiger partial charge in [0.2, 0.25) is 0 Å². The number of carbonyl (C=O) groups excluding carboxylic acids is 1. The number of carboxylic acid groups (broad SMARTS) is 1. The second-order valence-electron chi connectivity index (χ2n) is 7.09. The number of aryl methyl sites for hydroxylation is 1. The average Bonchev–Trinajstić information content (AvgIpc) is 2.71. The molecule has 0 spiro atoms. The van der Waals surface area contributed by atoms with E-state index < -0.39 is 17.9 Å². The van der Waals surface area contributed by atoms with Crippen molar-refractivity contribution in [3.8, 4) is 0 Å². The molecule has 154 valence electrons. The van der Waals surface area contributed by atoms with Crippen LogP contribution in [0.4, 0.5) is 0 Å². The van der Waals surface area contributed by atoms with Gasteiger partial charge in [0.15, 0.2) is 0 Å². The standard InChI is InChI=1S/C24H21Cl2NO3/c1-16-6-5-9-18(12-16)15-27(23(28)20-11-10-19(25)14-21(20)26)22(24(29)30)13-17-7-3-2-4-8-17/h2-12,14,22H,13,15H2,1H3,(H,29,30). The minimum atomic E-state index is -1.08. The number of hydrogen-bond donors (Lipinski definition) is 1. The Hall–Kier alpha value is -2.82. The van der Waals surface area contributed by atoms with Crippen molar-refractivity contribution in [3.05, 3.63) is 105 Å². The van der Waals surface area contributed by atoms with Crippen molar-refractivity contribution in [1.82, 2.24) is 4.90 Å². The van der Waals surface area contributed by atoms with Crippen LogP contribution in [0.5, 0.6) is 0 Å². The summed E-state index contributed by atoms with van der Waals surface area (Å²) in [4.78, 5) is 27.0. The molecule has 0 aliphatic carbocycles. The van der Waals surface area contributed by atoms with Crippen LogP contribution >= 0.6 is 23.2 Å². The highest BCUT2D eigenvalue weighted by Gasteiger charge is 2.31. The zero-order valence-corrected chi connectivity index (χ0v) is 17.9. The predicted octanol–water partition coefficient (Wildman–Crippen LogP) is 5.64. The van der Waals surface area contributed by atoms with Gasteiger partial charge in [-0.1, -0.05) is 83.4 Å². The predicted molar refractivity (Wildman–Crippen MR) is 119 cm³/mol. The molecule has 4 nitrogen and oxygen atoms in total. The largest absolute Gasteiger partial charge is 0.480 e. The maximum Gasteiger partial charge on any atom is 0.326 e. The highest BCUT2D eigenvalue weighted by molar-refractivity contribution is 6.36. The van der Waals surface area contributed by atoms with Crippen LogP contribution in [0, 0.1) is 6.92 Å². The van der Waals surface area contributed by atoms with E-state index in [0.29, 0.717) is 5.02 Å². The fourth-order valence-corrected chi connectivity index (χ4v) is 3.81. The third-order valence-corrected chi connectivity index (χ3v) is 5.34. The van der Waals surface area contributed by atoms with E-state index in [1.165, 1.54) is 17.0 Å². The SMILES string of the molecule is Cc1cccc(CN(C(=O)c2ccc(Cl)cc2Cl)C(Cc2ccccc2)C(=O)O)c1. The summed E-state index contributed by atoms with van der Waals surface area (Å²) in [6.45, 7) is 2.09. The van der Waals surface area contributed by atoms with Gasteiger partial charge in [0, 0.05) is 18.0 Å². The second-order valence-corrected chi connectivity index (χ2v) is 7.93. The normalized spacial score (nSPS) is 11.7. The number of hydrogen-bond acceptors (Lipinski definition) is 2. The number of carbonyl (C=O) groups is 2. The summed E-state index contributed by atoms with van der Waals surface area (Å²) >= 11 is 12.2. The molecule has 30 heavy (non-hydrogen) atoms. The van der Waals surface area contributed by atoms with Crippen molar-refractivity contribution in [3.63, 3.8) is 0 Å². The number of rotatable bonds is 7. The number of halogens is 2. The molecule has 0 heterocycles. The maximum absolute atomic E-state index is 13.4. The fraction of sp³-hybridized carbons (Fsp3) is 0.167. The summed E-state index contributed by atoms with van der Waals surface area (Å²) in [5.74, 6) is -1.54. The van der Waals surface area contributed by atoms with Gasteiger partial charge < -0.3 is 10.0 Å². The van der Waals surface area contributed by atoms with Gasteiger partial charge in [-0.05, 0) is 36.2 Å². The Balaban J connectivity index is 2.02. The third kappa shape index (κ3) is 5.41. The fourth-order valence-electron chi connectivity index (χ4n) is 3.32. The van der Waals surface area contributed by atoms with E-state index in [9.17, 15) is 14.7 Å². The lowest BCUT2D eigenvalue weighted by Gasteiger charge is -2.30. The quantitative estimate of drug-likeness (QED) is 0.515. The Morgan fingerprint density at radius 1 is 0.933 bits per heavy atom. The molecule has 3 aromatic rings. The minimum absolute atomic E-state index is 0.142. The van der Waals surface area contributed by atoms with Crippen molar-refractivity contribution < 1.29 is 14.7 Å². The number of nitrogens with zero attached hydrogens (tertiary/aromatic N) is 1. The van der Waals surface area contributed by atoms with Gasteiger partial charge in [0.25, 0.3) is 5.91 Å². The first kappa shape index (κ1) is 21.9. The summed E-state index contributed by atoms with van der Waals surface area (Å²) in [5.41, 5.74) is 2.91. The molecule has 6 heteroatoms. The minimum Gasteiger partial charge on any atom is -0.480 e. The van der Waals surface area contributed by atoms with Crippen LogP contribution in [0.3, 0.4) is 0 Å². The first-order valence-electron chi connectivity index (χ1n) is 9.43. The van der Waals surface area contributed by atoms with E-state index in [1.54, 1.807) is 6.07 Å². The first-order valence-corrected chi connectivity index (χ1v) is 10.2. The Kier molecular flexibility index (Phi) is 7.14. The number of carboxylic acids is 1. The van der Waals surface area contributed by atoms with Crippen LogP contribution in [0.1, 0.15) is 27.0 Å². The lowest BCUT2D eigenvalue weighted by atomic mass is 10.0. The summed E-state index contributed by atoms with van der Waals surface area (Å²) in [5, 5.41) is 10.6. The molecule has 3 aromatic carbocycles. The molecule has 1 N–H and O–H groups in total. The van der Waals surface area contributed by atoms with Crippen molar-refractivity contribution in [2.75, 3.05) is 0 Å². The van der Waals surface area contributed by atoms with Crippen LogP contribution < -0.4 is 0 Å². The molecule has 0 saturated carbocycles. The van der Waals surface area contributed by atoms with Gasteiger partial charge >= 0.3 is 5.97 Å². The maximum atomic E-state index is 13.4. The van der Waals surface area contributed by atoms with Gasteiger partial charge in [-0.2, -0.15) is 0 Å². The number of benzene rings is 3. The summed E-state index contributed by atoms with van der Waals surface area (Å²) in [7, 11) is 0. The molecule has 3 rings (SSSR count). The summed E-state index contributed by atoms with van der Waals surface area (Å²) < 4.78 is 0. The van der Waals surface area contributed by atoms with Crippen LogP contribution in [-0.2, 0) is 17.8 Å². The molecule has 0 fully saturated rings. The van der Waals surface area contributed by atoms with E-state index in [4.69, 9.17) is 23.2 Å². The zero-order valence-electron chi connectivity index (χ0n) is 16.4. The molecule has 0 aliphatic heterocycles. The monoisotopic (exact) mass is 441 g/mol. The highest BCUT2D eigenvalue weighted by Crippen LogP contribution is 2.25. The van der Waals surface area contributed by atoms with Gasteiger partial charge in [-0.3, -0.25) is 4.79 Å². The molecular weight excluding hydrogens is 421 g/mol. The van der Waals surface area contributed by atoms with Gasteiger partial charge in [0.05, 0.1) is 10.6 Å². The number of aliphatic carboxylic acids is 1. The topological polar surface area (TPSA) is 57.6 Å². The molecule has 0 radical (unpaired) electrons. The van der Waals surface area contributed by atoms with E-state index in [-0.39, 0.29) is 23.6 Å². The molecule has 1 amide bonds. The van der Waals surface area contributed by atoms with Crippen LogP contribution in [0.2, 0.25) is 10.0 Å². The van der Waals surface area contributed by atoms with Crippen LogP contribution in [0.15, 0.2) is 72.8 Å². The van der Waals surface area contributed by atoms with Crippen molar-refractivity contribution in [2.45, 2.75) is 25.9 Å². The Labute approximate surface area is 185 Å². The lowest BCUT2D eigenvalue weighted by Crippen LogP contribution is -2.46. The van der Waals surface area contributed by atoms with Crippen molar-refractivity contribution in [1.29, 1.82) is 0 Å². The Morgan fingerprint density at radius 3 is 2.27 bits per heavy atom. The van der Waals surface area contributed by atoms with Gasteiger partial charge in [0.1, 0.15) is 6.04 Å². The molecule has 0 saturated heterocycles. The first-order chi connectivity index (χ1) is 14.3. The molecule has 0 aliphatic rings. The number of amides is 1. The van der Waals surface area contributed by atoms with Crippen molar-refractivity contribution in [2.24, 2.45) is 0 Å². The molecule has 0 bridgehead atoms. The second kappa shape index (κ2) is 9.79. The lowest BCUT2D eigenvalue weighted by molar-refractivity contribution is -0.142. The van der Waals surface area contributed by atoms with Crippen LogP contribution in [0.25, 0.3) is 0 Å². The molecule has 1 unspecified atom stereocenters. The third-order valence-electron chi connectivity index (χ3n) is 4.79. The Morgan fingerprint density at radius 2 is 1.63 bits per heavy atom. The summed E-state index contributed by atoms with van der Waals surface area (Å²) in [6.07, 6.45) is 0.180. The van der Waals surface area contributed by atoms with Gasteiger partial charge in [-0.15, -0.1) is 0 Å². The van der Waals surface area contributed by atoms with Crippen LogP contribution in [-0.4, -0.2) is 27.9 Å². The van der Waals surface area contributed by atoms with Crippen molar-refractivity contribution >= 4 is 35.1 Å². The van der Waals surface area contributed by atoms with E-state index in [1.807, 2.05) is 61.5 Å². The summed E-state index contributed by atoms with van der Waals surface area (Å²) in [6, 6.07) is 20.4. The highest BCUT2D eigenvalue weighted by atomic mass is 35.5. The zero-order chi connectivity index (χ0) is 21.7. The average molecular weight is 442 g/mol. The smallest absolute Gasteiger partial charge is 0.326 e. The molecular formula is C24H21Cl2NO3. The van der Waals surface area contributed by atoms with E-state index in [2.05, 4.69) is 0 Å². The molecule has 0 aromatic heterocycles. The molecule has 1 atom stereocenters. The Bertz CT molecular complexity index is 1050. The van der Waals surface area contributed by atoms with E-state index >= 15 is 0 Å². The van der Waals surface area contributed by atoms with Gasteiger partial charge in [-0.25, -0.2) is 4.79 Å². The van der Waals surface area contributed by atoms with E-state index in [0.717, 1.165) is 16.7 Å².